The number of nitrogens with one attached hydrogen (secondary N) is 1. The summed E-state index contributed by atoms with van der Waals surface area (Å²) < 4.78 is 13.2. The van der Waals surface area contributed by atoms with E-state index in [1.54, 1.807) is 22.6 Å². The summed E-state index contributed by atoms with van der Waals surface area (Å²) >= 11 is 0. The summed E-state index contributed by atoms with van der Waals surface area (Å²) in [5.74, 6) is 1.12. The van der Waals surface area contributed by atoms with Gasteiger partial charge in [0.15, 0.2) is 0 Å². The van der Waals surface area contributed by atoms with E-state index in [-0.39, 0.29) is 11.6 Å². The van der Waals surface area contributed by atoms with Gasteiger partial charge in [0, 0.05) is 42.9 Å². The quantitative estimate of drug-likeness (QED) is 0.242. The van der Waals surface area contributed by atoms with Gasteiger partial charge in [0.2, 0.25) is 5.95 Å². The molecule has 2 N–H and O–H groups in total. The number of amides is 1. The fourth-order valence-electron chi connectivity index (χ4n) is 6.34. The molecule has 1 fully saturated rings. The van der Waals surface area contributed by atoms with E-state index in [0.717, 1.165) is 29.2 Å². The van der Waals surface area contributed by atoms with Gasteiger partial charge in [0.1, 0.15) is 29.3 Å². The first kappa shape index (κ1) is 33.2. The van der Waals surface area contributed by atoms with Gasteiger partial charge in [-0.05, 0) is 104 Å². The number of rotatable bonds is 8. The maximum atomic E-state index is 14.5. The molecule has 2 aromatic carbocycles. The lowest BCUT2D eigenvalue weighted by Gasteiger charge is -2.43. The molecule has 0 radical (unpaired) electrons. The van der Waals surface area contributed by atoms with E-state index in [9.17, 15) is 14.7 Å². The van der Waals surface area contributed by atoms with E-state index in [4.69, 9.17) is 14.5 Å². The number of fused-ring (bicyclic) bond motifs is 2. The number of aromatic nitrogens is 3. The second-order valence-corrected chi connectivity index (χ2v) is 14.3. The third-order valence-electron chi connectivity index (χ3n) is 8.62. The van der Waals surface area contributed by atoms with E-state index in [1.807, 2.05) is 95.2 Å². The molecule has 12 heteroatoms. The van der Waals surface area contributed by atoms with E-state index < -0.39 is 17.3 Å². The monoisotopic (exact) mass is 655 g/mol. The summed E-state index contributed by atoms with van der Waals surface area (Å²) in [4.78, 5) is 42.9. The van der Waals surface area contributed by atoms with Crippen molar-refractivity contribution in [3.63, 3.8) is 0 Å². The van der Waals surface area contributed by atoms with Crippen LogP contribution < -0.4 is 25.4 Å². The van der Waals surface area contributed by atoms with Gasteiger partial charge in [-0.2, -0.15) is 4.98 Å². The number of hydrogen-bond acceptors (Lipinski definition) is 10. The number of nitrogens with zero attached hydrogens (tertiary/aromatic N) is 6. The van der Waals surface area contributed by atoms with Crippen molar-refractivity contribution in [3.8, 4) is 5.75 Å². The number of hydrogen-bond donors (Lipinski definition) is 2. The maximum Gasteiger partial charge on any atom is 0.414 e. The molecule has 0 spiro atoms. The Hall–Kier alpha value is -4.68. The van der Waals surface area contributed by atoms with Crippen LogP contribution in [0.25, 0.3) is 11.0 Å². The number of para-hydroxylation sites is 1. The van der Waals surface area contributed by atoms with Crippen LogP contribution in [0.5, 0.6) is 5.75 Å². The van der Waals surface area contributed by atoms with Crippen LogP contribution in [0.3, 0.4) is 0 Å². The second kappa shape index (κ2) is 12.7. The van der Waals surface area contributed by atoms with Crippen LogP contribution in [-0.2, 0) is 4.74 Å². The number of likely N-dealkylation sites (N-methyl/N-ethyl adjacent to an activating group) is 1. The van der Waals surface area contributed by atoms with Gasteiger partial charge in [0.25, 0.3) is 5.56 Å². The Labute approximate surface area is 280 Å². The average molecular weight is 656 g/mol. The lowest BCUT2D eigenvalue weighted by molar-refractivity contribution is -0.0506. The molecule has 1 aliphatic heterocycles. The molecule has 0 saturated heterocycles. The zero-order chi connectivity index (χ0) is 34.4. The first-order valence-corrected chi connectivity index (χ1v) is 16.4. The minimum atomic E-state index is -0.861. The Kier molecular flexibility index (Phi) is 8.82. The van der Waals surface area contributed by atoms with Crippen LogP contribution in [0.15, 0.2) is 59.5 Å². The Morgan fingerprint density at radius 2 is 1.83 bits per heavy atom. The van der Waals surface area contributed by atoms with Crippen molar-refractivity contribution < 1.29 is 19.4 Å². The third kappa shape index (κ3) is 6.95. The van der Waals surface area contributed by atoms with Gasteiger partial charge in [0.05, 0.1) is 17.0 Å². The number of carbonyl (C=O) groups excluding carboxylic acids is 1. The molecule has 254 valence electrons. The second-order valence-electron chi connectivity index (χ2n) is 14.3. The number of anilines is 5. The number of pyridine rings is 1. The summed E-state index contributed by atoms with van der Waals surface area (Å²) in [5, 5.41) is 14.6. The highest BCUT2D eigenvalue weighted by Crippen LogP contribution is 2.43. The Bertz CT molecular complexity index is 1870. The predicted octanol–water partition coefficient (Wildman–Crippen LogP) is 5.76. The van der Waals surface area contributed by atoms with Gasteiger partial charge < -0.3 is 29.7 Å². The molecule has 3 heterocycles. The van der Waals surface area contributed by atoms with Crippen LogP contribution in [0.2, 0.25) is 0 Å². The molecule has 12 nitrogen and oxygen atoms in total. The van der Waals surface area contributed by atoms with Crippen molar-refractivity contribution in [2.45, 2.75) is 64.7 Å². The van der Waals surface area contributed by atoms with Crippen LogP contribution in [0, 0.1) is 6.92 Å². The van der Waals surface area contributed by atoms with Gasteiger partial charge in [-0.3, -0.25) is 14.3 Å². The lowest BCUT2D eigenvalue weighted by atomic mass is 9.77. The third-order valence-corrected chi connectivity index (χ3v) is 8.62. The minimum absolute atomic E-state index is 0.218. The molecular formula is C36H45N7O5. The molecule has 0 unspecified atom stereocenters. The number of ether oxygens (including phenoxy) is 2. The number of benzene rings is 2. The standard InChI is InChI=1S/C36H45N7O5/c1-23-9-8-10-28-30(23)42(34(45)48-35(2,3)4)16-15-41(28)29-19-24-22-37-33(38-25-11-13-27(14-12-25)47-18-17-40(6)7)39-31(24)43(32(29)44)26-20-36(5,46)21-26/h8-14,19,22,26,46H,15-18,20-21H2,1-7H3,(H,37,38,39). The molecule has 0 bridgehead atoms. The van der Waals surface area contributed by atoms with Crippen molar-refractivity contribution in [2.75, 3.05) is 55.5 Å². The molecular weight excluding hydrogens is 610 g/mol. The maximum absolute atomic E-state index is 14.5. The van der Waals surface area contributed by atoms with Crippen molar-refractivity contribution in [1.29, 1.82) is 0 Å². The molecule has 0 atom stereocenters. The first-order valence-electron chi connectivity index (χ1n) is 16.4. The van der Waals surface area contributed by atoms with E-state index >= 15 is 0 Å². The summed E-state index contributed by atoms with van der Waals surface area (Å²) in [6.45, 7) is 11.4. The van der Waals surface area contributed by atoms with E-state index in [1.165, 1.54) is 0 Å². The zero-order valence-electron chi connectivity index (χ0n) is 28.8. The molecule has 48 heavy (non-hydrogen) atoms. The lowest BCUT2D eigenvalue weighted by Crippen LogP contribution is -2.48. The normalized spacial score (nSPS) is 19.2. The summed E-state index contributed by atoms with van der Waals surface area (Å²) in [5.41, 5.74) is 2.34. The van der Waals surface area contributed by atoms with Gasteiger partial charge in [-0.1, -0.05) is 12.1 Å². The highest BCUT2D eigenvalue weighted by Gasteiger charge is 2.42. The summed E-state index contributed by atoms with van der Waals surface area (Å²) in [7, 11) is 4.01. The number of aliphatic hydroxyl groups is 1. The van der Waals surface area contributed by atoms with E-state index in [2.05, 4.69) is 15.2 Å². The van der Waals surface area contributed by atoms with Gasteiger partial charge in [-0.25, -0.2) is 9.78 Å². The van der Waals surface area contributed by atoms with Crippen LogP contribution in [-0.4, -0.2) is 82.2 Å². The average Bonchev–Trinajstić information content (AvgIpc) is 2.99. The molecule has 1 aliphatic carbocycles. The summed E-state index contributed by atoms with van der Waals surface area (Å²) in [6, 6.07) is 14.9. The van der Waals surface area contributed by atoms with Crippen molar-refractivity contribution in [3.05, 3.63) is 70.6 Å². The van der Waals surface area contributed by atoms with Crippen molar-refractivity contribution in [2.24, 2.45) is 0 Å². The topological polar surface area (TPSA) is 125 Å². The zero-order valence-corrected chi connectivity index (χ0v) is 28.8. The first-order chi connectivity index (χ1) is 22.7. The van der Waals surface area contributed by atoms with E-state index in [0.29, 0.717) is 60.9 Å². The largest absolute Gasteiger partial charge is 0.492 e. The Morgan fingerprint density at radius 1 is 1.10 bits per heavy atom. The van der Waals surface area contributed by atoms with Gasteiger partial charge >= 0.3 is 6.09 Å². The SMILES string of the molecule is Cc1cccc2c1N(C(=O)OC(C)(C)C)CCN2c1cc2cnc(Nc3ccc(OCCN(C)C)cc3)nc2n(C2CC(C)(O)C2)c1=O. The van der Waals surface area contributed by atoms with Crippen molar-refractivity contribution in [1.82, 2.24) is 19.4 Å². The molecule has 4 aromatic rings. The van der Waals surface area contributed by atoms with Crippen LogP contribution in [0.1, 0.15) is 52.1 Å². The fraction of sp³-hybridized carbons (Fsp3) is 0.444. The Balaban J connectivity index is 1.36. The fourth-order valence-corrected chi connectivity index (χ4v) is 6.34. The number of carbonyl (C=O) groups is 1. The van der Waals surface area contributed by atoms with Crippen LogP contribution >= 0.6 is 0 Å². The molecule has 6 rings (SSSR count). The highest BCUT2D eigenvalue weighted by atomic mass is 16.6. The Morgan fingerprint density at radius 3 is 2.50 bits per heavy atom. The van der Waals surface area contributed by atoms with Gasteiger partial charge in [-0.15, -0.1) is 0 Å². The number of aryl methyl sites for hydroxylation is 1. The van der Waals surface area contributed by atoms with Crippen molar-refractivity contribution >= 4 is 45.8 Å². The predicted molar refractivity (Wildman–Crippen MR) is 188 cm³/mol. The smallest absolute Gasteiger partial charge is 0.414 e. The minimum Gasteiger partial charge on any atom is -0.492 e. The molecule has 1 saturated carbocycles. The molecule has 1 amide bonds. The van der Waals surface area contributed by atoms with Crippen LogP contribution in [0.4, 0.5) is 33.5 Å². The molecule has 2 aromatic heterocycles. The summed E-state index contributed by atoms with van der Waals surface area (Å²) in [6.07, 6.45) is 2.14. The highest BCUT2D eigenvalue weighted by molar-refractivity contribution is 5.97. The molecule has 2 aliphatic rings.